The summed E-state index contributed by atoms with van der Waals surface area (Å²) in [6, 6.07) is 5.52. The van der Waals surface area contributed by atoms with Crippen LogP contribution in [0.5, 0.6) is 5.75 Å². The molecule has 0 amide bonds. The number of phenolic OH excluding ortho intramolecular Hbond substituents is 1. The first-order valence-corrected chi connectivity index (χ1v) is 6.06. The number of aromatic hydroxyl groups is 1. The molecule has 0 radical (unpaired) electrons. The zero-order valence-electron chi connectivity index (χ0n) is 9.84. The minimum absolute atomic E-state index is 0.0757. The van der Waals surface area contributed by atoms with Gasteiger partial charge >= 0.3 is 0 Å². The van der Waals surface area contributed by atoms with Gasteiger partial charge in [0, 0.05) is 24.9 Å². The van der Waals surface area contributed by atoms with E-state index < -0.39 is 0 Å². The predicted molar refractivity (Wildman–Crippen MR) is 66.4 cm³/mol. The third-order valence-electron chi connectivity index (χ3n) is 3.28. The summed E-state index contributed by atoms with van der Waals surface area (Å²) in [6.45, 7) is 1.13. The molecule has 0 aromatic heterocycles. The number of anilines is 1. The van der Waals surface area contributed by atoms with Gasteiger partial charge in [-0.3, -0.25) is 0 Å². The first-order valence-electron chi connectivity index (χ1n) is 6.06. The molecule has 0 aliphatic carbocycles. The van der Waals surface area contributed by atoms with Crippen LogP contribution in [0.25, 0.3) is 0 Å². The molecule has 94 valence electrons. The summed E-state index contributed by atoms with van der Waals surface area (Å²) in [5, 5.41) is 27.9. The number of aliphatic hydroxyl groups excluding tert-OH is 2. The molecular formula is C13H19NO3. The lowest BCUT2D eigenvalue weighted by Crippen LogP contribution is -2.32. The van der Waals surface area contributed by atoms with Crippen molar-refractivity contribution in [3.05, 3.63) is 23.8 Å². The molecule has 1 aromatic rings. The number of nitrogens with zero attached hydrogens (tertiary/aromatic N) is 1. The van der Waals surface area contributed by atoms with Crippen LogP contribution < -0.4 is 4.90 Å². The molecular weight excluding hydrogens is 218 g/mol. The highest BCUT2D eigenvalue weighted by molar-refractivity contribution is 5.54. The molecule has 4 nitrogen and oxygen atoms in total. The molecule has 1 aliphatic rings. The van der Waals surface area contributed by atoms with Crippen molar-refractivity contribution in [1.29, 1.82) is 0 Å². The van der Waals surface area contributed by atoms with Gasteiger partial charge in [-0.2, -0.15) is 0 Å². The zero-order valence-corrected chi connectivity index (χ0v) is 9.84. The molecule has 0 bridgehead atoms. The third-order valence-corrected chi connectivity index (χ3v) is 3.28. The molecule has 1 aliphatic heterocycles. The second-order valence-corrected chi connectivity index (χ2v) is 4.50. The maximum Gasteiger partial charge on any atom is 0.117 e. The largest absolute Gasteiger partial charge is 0.508 e. The van der Waals surface area contributed by atoms with E-state index in [4.69, 9.17) is 5.11 Å². The Morgan fingerprint density at radius 2 is 2.06 bits per heavy atom. The first-order chi connectivity index (χ1) is 8.24. The van der Waals surface area contributed by atoms with Crippen molar-refractivity contribution in [3.63, 3.8) is 0 Å². The van der Waals surface area contributed by atoms with Crippen LogP contribution in [0.3, 0.4) is 0 Å². The van der Waals surface area contributed by atoms with E-state index in [-0.39, 0.29) is 25.0 Å². The van der Waals surface area contributed by atoms with E-state index in [9.17, 15) is 10.2 Å². The van der Waals surface area contributed by atoms with E-state index >= 15 is 0 Å². The minimum Gasteiger partial charge on any atom is -0.508 e. The SMILES string of the molecule is OCCc1cc(O)cc(N2CCCC2CO)c1. The predicted octanol–water partition coefficient (Wildman–Crippen LogP) is 0.888. The monoisotopic (exact) mass is 237 g/mol. The van der Waals surface area contributed by atoms with Crippen LogP contribution in [-0.2, 0) is 6.42 Å². The van der Waals surface area contributed by atoms with Crippen LogP contribution in [0, 0.1) is 0 Å². The Hall–Kier alpha value is -1.26. The van der Waals surface area contributed by atoms with Gasteiger partial charge in [-0.25, -0.2) is 0 Å². The number of rotatable bonds is 4. The van der Waals surface area contributed by atoms with Crippen LogP contribution in [0.4, 0.5) is 5.69 Å². The Kier molecular flexibility index (Phi) is 3.86. The van der Waals surface area contributed by atoms with E-state index in [1.165, 1.54) is 0 Å². The highest BCUT2D eigenvalue weighted by Crippen LogP contribution is 2.29. The van der Waals surface area contributed by atoms with E-state index in [2.05, 4.69) is 4.90 Å². The summed E-state index contributed by atoms with van der Waals surface area (Å²) in [5.41, 5.74) is 1.86. The van der Waals surface area contributed by atoms with Crippen LogP contribution in [0.15, 0.2) is 18.2 Å². The van der Waals surface area contributed by atoms with Gasteiger partial charge < -0.3 is 20.2 Å². The fourth-order valence-electron chi connectivity index (χ4n) is 2.46. The van der Waals surface area contributed by atoms with Gasteiger partial charge in [-0.1, -0.05) is 0 Å². The zero-order chi connectivity index (χ0) is 12.3. The Morgan fingerprint density at radius 1 is 1.24 bits per heavy atom. The summed E-state index contributed by atoms with van der Waals surface area (Å²) in [6.07, 6.45) is 2.59. The van der Waals surface area contributed by atoms with E-state index in [0.717, 1.165) is 30.6 Å². The Bertz CT molecular complexity index is 381. The van der Waals surface area contributed by atoms with E-state index in [0.29, 0.717) is 6.42 Å². The molecule has 1 fully saturated rings. The number of hydrogen-bond acceptors (Lipinski definition) is 4. The molecule has 1 saturated heterocycles. The highest BCUT2D eigenvalue weighted by atomic mass is 16.3. The number of aliphatic hydroxyl groups is 2. The average molecular weight is 237 g/mol. The summed E-state index contributed by atoms with van der Waals surface area (Å²) in [4.78, 5) is 2.13. The molecule has 1 unspecified atom stereocenters. The van der Waals surface area contributed by atoms with Gasteiger partial charge in [-0.05, 0) is 37.0 Å². The number of hydrogen-bond donors (Lipinski definition) is 3. The second kappa shape index (κ2) is 5.38. The molecule has 3 N–H and O–H groups in total. The van der Waals surface area contributed by atoms with Crippen LogP contribution in [0.1, 0.15) is 18.4 Å². The summed E-state index contributed by atoms with van der Waals surface area (Å²) in [5.74, 6) is 0.217. The van der Waals surface area contributed by atoms with Crippen molar-refractivity contribution in [1.82, 2.24) is 0 Å². The Labute approximate surface area is 101 Å². The van der Waals surface area contributed by atoms with Gasteiger partial charge in [0.05, 0.1) is 12.6 Å². The van der Waals surface area contributed by atoms with Crippen molar-refractivity contribution < 1.29 is 15.3 Å². The van der Waals surface area contributed by atoms with Crippen molar-refractivity contribution >= 4 is 5.69 Å². The van der Waals surface area contributed by atoms with Gasteiger partial charge in [-0.15, -0.1) is 0 Å². The topological polar surface area (TPSA) is 63.9 Å². The maximum absolute atomic E-state index is 9.67. The van der Waals surface area contributed by atoms with Gasteiger partial charge in [0.15, 0.2) is 0 Å². The van der Waals surface area contributed by atoms with Gasteiger partial charge in [0.25, 0.3) is 0 Å². The molecule has 0 spiro atoms. The van der Waals surface area contributed by atoms with Crippen LogP contribution >= 0.6 is 0 Å². The quantitative estimate of drug-likeness (QED) is 0.727. The third kappa shape index (κ3) is 2.70. The first kappa shape index (κ1) is 12.2. The standard InChI is InChI=1S/C13H19NO3/c15-5-3-10-6-12(8-13(17)7-10)14-4-1-2-11(14)9-16/h6-8,11,15-17H,1-5,9H2. The molecule has 0 saturated carbocycles. The second-order valence-electron chi connectivity index (χ2n) is 4.50. The molecule has 1 aromatic carbocycles. The van der Waals surface area contributed by atoms with Crippen LogP contribution in [0.2, 0.25) is 0 Å². The molecule has 1 atom stereocenters. The summed E-state index contributed by atoms with van der Waals surface area (Å²) >= 11 is 0. The normalized spacial score (nSPS) is 19.9. The van der Waals surface area contributed by atoms with Crippen molar-refractivity contribution in [2.75, 3.05) is 24.7 Å². The number of benzene rings is 1. The maximum atomic E-state index is 9.67. The Balaban J connectivity index is 2.24. The van der Waals surface area contributed by atoms with E-state index in [1.54, 1.807) is 12.1 Å². The lowest BCUT2D eigenvalue weighted by molar-refractivity contribution is 0.266. The van der Waals surface area contributed by atoms with Crippen molar-refractivity contribution in [2.24, 2.45) is 0 Å². The van der Waals surface area contributed by atoms with Gasteiger partial charge in [0.1, 0.15) is 5.75 Å². The molecule has 1 heterocycles. The minimum atomic E-state index is 0.0757. The lowest BCUT2D eigenvalue weighted by atomic mass is 10.1. The summed E-state index contributed by atoms with van der Waals surface area (Å²) < 4.78 is 0. The fourth-order valence-corrected chi connectivity index (χ4v) is 2.46. The number of phenols is 1. The van der Waals surface area contributed by atoms with E-state index in [1.807, 2.05) is 6.07 Å². The fraction of sp³-hybridized carbons (Fsp3) is 0.538. The average Bonchev–Trinajstić information content (AvgIpc) is 2.76. The highest BCUT2D eigenvalue weighted by Gasteiger charge is 2.24. The smallest absolute Gasteiger partial charge is 0.117 e. The molecule has 4 heteroatoms. The molecule has 17 heavy (non-hydrogen) atoms. The van der Waals surface area contributed by atoms with Crippen molar-refractivity contribution in [3.8, 4) is 5.75 Å². The molecule has 2 rings (SSSR count). The Morgan fingerprint density at radius 3 is 2.76 bits per heavy atom. The summed E-state index contributed by atoms with van der Waals surface area (Å²) in [7, 11) is 0. The van der Waals surface area contributed by atoms with Crippen molar-refractivity contribution in [2.45, 2.75) is 25.3 Å². The van der Waals surface area contributed by atoms with Gasteiger partial charge in [0.2, 0.25) is 0 Å². The lowest BCUT2D eigenvalue weighted by Gasteiger charge is -2.26. The van der Waals surface area contributed by atoms with Crippen LogP contribution in [-0.4, -0.2) is 41.1 Å².